The van der Waals surface area contributed by atoms with Crippen molar-refractivity contribution in [2.24, 2.45) is 20.5 Å². The molecule has 0 radical (unpaired) electrons. The van der Waals surface area contributed by atoms with Gasteiger partial charge in [-0.05, 0) is 73.5 Å². The Morgan fingerprint density at radius 2 is 1.09 bits per heavy atom. The normalized spacial score (nSPS) is 11.2. The molecule has 0 aliphatic heterocycles. The van der Waals surface area contributed by atoms with Crippen molar-refractivity contribution >= 4 is 52.0 Å². The number of methoxy groups -OCH3 is 2. The van der Waals surface area contributed by atoms with Crippen molar-refractivity contribution in [1.82, 2.24) is 15.0 Å². The third-order valence-corrected chi connectivity index (χ3v) is 6.83. The maximum absolute atomic E-state index is 9.55. The van der Waals surface area contributed by atoms with Gasteiger partial charge in [0.25, 0.3) is 0 Å². The van der Waals surface area contributed by atoms with E-state index in [1.54, 1.807) is 38.3 Å². The van der Waals surface area contributed by atoms with Crippen LogP contribution in [0.4, 0.5) is 52.0 Å². The number of hydrogen-bond acceptors (Lipinski definition) is 13. The summed E-state index contributed by atoms with van der Waals surface area (Å²) in [6, 6.07) is 26.4. The van der Waals surface area contributed by atoms with Crippen molar-refractivity contribution in [3.63, 3.8) is 0 Å². The van der Waals surface area contributed by atoms with Crippen LogP contribution in [-0.2, 0) is 0 Å². The number of nitrogens with zero attached hydrogens (tertiary/aromatic N) is 8. The Balaban J connectivity index is 1.40. The second-order valence-electron chi connectivity index (χ2n) is 10.5. The summed E-state index contributed by atoms with van der Waals surface area (Å²) in [5.41, 5.74) is 6.16. The lowest BCUT2D eigenvalue weighted by Crippen LogP contribution is -2.24. The zero-order valence-corrected chi connectivity index (χ0v) is 26.8. The lowest BCUT2D eigenvalue weighted by atomic mass is 10.2. The first kappa shape index (κ1) is 32.4. The predicted molar refractivity (Wildman–Crippen MR) is 183 cm³/mol. The minimum absolute atomic E-state index is 0.0769. The first-order valence-corrected chi connectivity index (χ1v) is 14.8. The van der Waals surface area contributed by atoms with Crippen molar-refractivity contribution in [2.45, 2.75) is 13.8 Å². The van der Waals surface area contributed by atoms with Crippen LogP contribution < -0.4 is 25.0 Å². The number of nitrogens with one attached hydrogen (secondary N) is 2. The van der Waals surface area contributed by atoms with Gasteiger partial charge >= 0.3 is 0 Å². The van der Waals surface area contributed by atoms with Crippen molar-refractivity contribution in [3.05, 3.63) is 96.1 Å². The molecule has 1 heterocycles. The number of ether oxygens (including phenoxy) is 2. The number of aliphatic hydroxyl groups excluding tert-OH is 1. The fourth-order valence-electron chi connectivity index (χ4n) is 4.44. The molecule has 0 saturated carbocycles. The Morgan fingerprint density at radius 1 is 0.638 bits per heavy atom. The summed E-state index contributed by atoms with van der Waals surface area (Å²) < 4.78 is 11.3. The van der Waals surface area contributed by atoms with Crippen molar-refractivity contribution in [1.29, 1.82) is 0 Å². The molecule has 13 nitrogen and oxygen atoms in total. The molecular weight excluding hydrogens is 596 g/mol. The Labute approximate surface area is 273 Å². The Hall–Kier alpha value is -5.95. The standard InChI is InChI=1S/C34H36N10O3/c1-22-8-6-10-24(18-22)40-42-26-12-14-28(30(20-26)46-4)35-32-37-33(39-34(38-32)44(3)16-17-45)36-29-15-13-27(21-31(29)47-5)43-41-25-11-7-9-23(2)19-25/h6-15,18-21,45H,16-17H2,1-5H3,(H2,35,36,37,38,39). The molecule has 3 N–H and O–H groups in total. The summed E-state index contributed by atoms with van der Waals surface area (Å²) in [7, 11) is 4.92. The van der Waals surface area contributed by atoms with Crippen LogP contribution >= 0.6 is 0 Å². The Morgan fingerprint density at radius 3 is 1.49 bits per heavy atom. The van der Waals surface area contributed by atoms with Gasteiger partial charge in [-0.2, -0.15) is 35.4 Å². The van der Waals surface area contributed by atoms with E-state index >= 15 is 0 Å². The number of aliphatic hydroxyl groups is 1. The van der Waals surface area contributed by atoms with Gasteiger partial charge in [-0.1, -0.05) is 24.3 Å². The lowest BCUT2D eigenvalue weighted by molar-refractivity contribution is 0.303. The lowest BCUT2D eigenvalue weighted by Gasteiger charge is -2.18. The van der Waals surface area contributed by atoms with Crippen LogP contribution in [0.1, 0.15) is 11.1 Å². The van der Waals surface area contributed by atoms with Crippen LogP contribution in [-0.4, -0.2) is 54.5 Å². The molecule has 0 aliphatic rings. The third kappa shape index (κ3) is 8.83. The molecule has 4 aromatic carbocycles. The number of hydrogen-bond donors (Lipinski definition) is 3. The molecule has 5 rings (SSSR count). The monoisotopic (exact) mass is 632 g/mol. The van der Waals surface area contributed by atoms with Crippen molar-refractivity contribution in [2.75, 3.05) is 50.0 Å². The maximum atomic E-state index is 9.55. The molecule has 0 aliphatic carbocycles. The van der Waals surface area contributed by atoms with Crippen LogP contribution in [0.5, 0.6) is 11.5 Å². The van der Waals surface area contributed by atoms with Gasteiger partial charge < -0.3 is 30.1 Å². The average molecular weight is 633 g/mol. The zero-order valence-electron chi connectivity index (χ0n) is 26.8. The maximum Gasteiger partial charge on any atom is 0.233 e. The van der Waals surface area contributed by atoms with Crippen molar-refractivity contribution < 1.29 is 14.6 Å². The molecule has 0 amide bonds. The molecule has 1 aromatic heterocycles. The summed E-state index contributed by atoms with van der Waals surface area (Å²) in [6.07, 6.45) is 0. The molecule has 0 atom stereocenters. The minimum atomic E-state index is -0.0769. The number of anilines is 5. The summed E-state index contributed by atoms with van der Waals surface area (Å²) in [5.74, 6) is 1.87. The second kappa shape index (κ2) is 15.4. The fraction of sp³-hybridized carbons (Fsp3) is 0.206. The summed E-state index contributed by atoms with van der Waals surface area (Å²) in [5, 5.41) is 33.4. The Bertz CT molecular complexity index is 1770. The summed E-state index contributed by atoms with van der Waals surface area (Å²) in [4.78, 5) is 15.5. The number of aromatic nitrogens is 3. The molecular formula is C34H36N10O3. The van der Waals surface area contributed by atoms with Gasteiger partial charge in [0.1, 0.15) is 11.5 Å². The van der Waals surface area contributed by atoms with Crippen LogP contribution in [0.15, 0.2) is 105 Å². The van der Waals surface area contributed by atoms with Gasteiger partial charge in [0.2, 0.25) is 17.8 Å². The highest BCUT2D eigenvalue weighted by molar-refractivity contribution is 5.70. The van der Waals surface area contributed by atoms with E-state index in [1.807, 2.05) is 86.6 Å². The Kier molecular flexibility index (Phi) is 10.6. The van der Waals surface area contributed by atoms with Gasteiger partial charge in [-0.15, -0.1) is 0 Å². The highest BCUT2D eigenvalue weighted by Crippen LogP contribution is 2.34. The van der Waals surface area contributed by atoms with E-state index in [0.29, 0.717) is 46.7 Å². The van der Waals surface area contributed by atoms with E-state index in [2.05, 4.69) is 46.0 Å². The van der Waals surface area contributed by atoms with Gasteiger partial charge in [-0.3, -0.25) is 0 Å². The second-order valence-corrected chi connectivity index (χ2v) is 10.5. The molecule has 0 bridgehead atoms. The van der Waals surface area contributed by atoms with E-state index < -0.39 is 0 Å². The molecule has 0 unspecified atom stereocenters. The summed E-state index contributed by atoms with van der Waals surface area (Å²) in [6.45, 7) is 4.25. The molecule has 240 valence electrons. The van der Waals surface area contributed by atoms with E-state index in [-0.39, 0.29) is 18.5 Å². The SMILES string of the molecule is COc1cc(N=Nc2cccc(C)c2)ccc1Nc1nc(Nc2ccc(N=Nc3cccc(C)c3)cc2OC)nc(N(C)CCO)n1. The van der Waals surface area contributed by atoms with Gasteiger partial charge in [0.05, 0.1) is 55.0 Å². The van der Waals surface area contributed by atoms with Crippen LogP contribution in [0.2, 0.25) is 0 Å². The average Bonchev–Trinajstić information content (AvgIpc) is 3.07. The highest BCUT2D eigenvalue weighted by Gasteiger charge is 2.15. The van der Waals surface area contributed by atoms with E-state index in [1.165, 1.54) is 0 Å². The quantitative estimate of drug-likeness (QED) is 0.109. The largest absolute Gasteiger partial charge is 0.494 e. The number of benzene rings is 4. The van der Waals surface area contributed by atoms with Gasteiger partial charge in [0, 0.05) is 25.7 Å². The third-order valence-electron chi connectivity index (χ3n) is 6.83. The molecule has 47 heavy (non-hydrogen) atoms. The van der Waals surface area contributed by atoms with Crippen LogP contribution in [0.3, 0.4) is 0 Å². The van der Waals surface area contributed by atoms with E-state index in [0.717, 1.165) is 22.5 Å². The number of rotatable bonds is 13. The zero-order chi connectivity index (χ0) is 33.2. The summed E-state index contributed by atoms with van der Waals surface area (Å²) >= 11 is 0. The highest BCUT2D eigenvalue weighted by atomic mass is 16.5. The molecule has 5 aromatic rings. The van der Waals surface area contributed by atoms with Crippen LogP contribution in [0, 0.1) is 13.8 Å². The smallest absolute Gasteiger partial charge is 0.233 e. The van der Waals surface area contributed by atoms with Crippen LogP contribution in [0.25, 0.3) is 0 Å². The minimum Gasteiger partial charge on any atom is -0.494 e. The van der Waals surface area contributed by atoms with Crippen molar-refractivity contribution in [3.8, 4) is 11.5 Å². The molecule has 13 heteroatoms. The molecule has 0 saturated heterocycles. The number of azo groups is 2. The molecule has 0 fully saturated rings. The fourth-order valence-corrected chi connectivity index (χ4v) is 4.44. The first-order chi connectivity index (χ1) is 22.8. The number of aryl methyl sites for hydroxylation is 2. The van der Waals surface area contributed by atoms with E-state index in [4.69, 9.17) is 9.47 Å². The van der Waals surface area contributed by atoms with Gasteiger partial charge in [0.15, 0.2) is 0 Å². The topological polar surface area (TPSA) is 154 Å². The molecule has 0 spiro atoms. The number of likely N-dealkylation sites (N-methyl/N-ethyl adjacent to an activating group) is 1. The van der Waals surface area contributed by atoms with E-state index in [9.17, 15) is 5.11 Å². The first-order valence-electron chi connectivity index (χ1n) is 14.8. The van der Waals surface area contributed by atoms with Gasteiger partial charge in [-0.25, -0.2) is 0 Å². The predicted octanol–water partition coefficient (Wildman–Crippen LogP) is 8.25.